The molecule has 0 heterocycles. The number of benzene rings is 1. The molecule has 0 aliphatic heterocycles. The maximum Gasteiger partial charge on any atom is 0.255 e. The predicted octanol–water partition coefficient (Wildman–Crippen LogP) is 2.85. The average molecular weight is 332 g/mol. The van der Waals surface area contributed by atoms with Crippen molar-refractivity contribution >= 4 is 11.8 Å². The molecule has 1 aliphatic rings. The second-order valence-corrected chi connectivity index (χ2v) is 6.39. The van der Waals surface area contributed by atoms with Gasteiger partial charge in [0, 0.05) is 13.6 Å². The zero-order valence-electron chi connectivity index (χ0n) is 14.7. The van der Waals surface area contributed by atoms with Gasteiger partial charge in [-0.05, 0) is 37.8 Å². The van der Waals surface area contributed by atoms with Crippen LogP contribution < -0.4 is 10.1 Å². The Labute approximate surface area is 144 Å². The van der Waals surface area contributed by atoms with Gasteiger partial charge in [0.15, 0.2) is 0 Å². The van der Waals surface area contributed by atoms with Crippen molar-refractivity contribution in [1.29, 1.82) is 0 Å². The van der Waals surface area contributed by atoms with Crippen molar-refractivity contribution < 1.29 is 14.3 Å². The van der Waals surface area contributed by atoms with Crippen LogP contribution in [0.3, 0.4) is 0 Å². The predicted molar refractivity (Wildman–Crippen MR) is 94.2 cm³/mol. The van der Waals surface area contributed by atoms with Gasteiger partial charge in [0.05, 0.1) is 18.7 Å². The maximum atomic E-state index is 12.3. The molecular formula is C19H28N2O3. The minimum Gasteiger partial charge on any atom is -0.493 e. The van der Waals surface area contributed by atoms with E-state index in [-0.39, 0.29) is 18.4 Å². The minimum absolute atomic E-state index is 0.0164. The van der Waals surface area contributed by atoms with Crippen molar-refractivity contribution in [2.24, 2.45) is 5.92 Å². The van der Waals surface area contributed by atoms with E-state index in [4.69, 9.17) is 4.74 Å². The van der Waals surface area contributed by atoms with Gasteiger partial charge in [-0.3, -0.25) is 9.59 Å². The highest BCUT2D eigenvalue weighted by Gasteiger charge is 2.19. The number of carbonyl (C=O) groups excluding carboxylic acids is 2. The van der Waals surface area contributed by atoms with Crippen molar-refractivity contribution in [1.82, 2.24) is 10.2 Å². The molecule has 132 valence electrons. The lowest BCUT2D eigenvalue weighted by Gasteiger charge is -2.27. The van der Waals surface area contributed by atoms with Crippen LogP contribution in [0.25, 0.3) is 0 Å². The first kappa shape index (κ1) is 18.3. The molecule has 1 aromatic rings. The monoisotopic (exact) mass is 332 g/mol. The Morgan fingerprint density at radius 1 is 1.21 bits per heavy atom. The van der Waals surface area contributed by atoms with Crippen LogP contribution in [0.5, 0.6) is 5.75 Å². The Bertz CT molecular complexity index is 553. The Morgan fingerprint density at radius 3 is 2.62 bits per heavy atom. The van der Waals surface area contributed by atoms with Gasteiger partial charge in [-0.15, -0.1) is 0 Å². The zero-order valence-corrected chi connectivity index (χ0v) is 14.7. The van der Waals surface area contributed by atoms with Crippen LogP contribution in [-0.4, -0.2) is 43.5 Å². The quantitative estimate of drug-likeness (QED) is 0.835. The van der Waals surface area contributed by atoms with Crippen LogP contribution in [0.4, 0.5) is 0 Å². The number of amides is 2. The molecule has 5 nitrogen and oxygen atoms in total. The number of rotatable bonds is 7. The maximum absolute atomic E-state index is 12.3. The molecule has 2 rings (SSSR count). The molecule has 0 radical (unpaired) electrons. The third-order valence-electron chi connectivity index (χ3n) is 4.51. The highest BCUT2D eigenvalue weighted by atomic mass is 16.5. The van der Waals surface area contributed by atoms with Crippen LogP contribution in [0.1, 0.15) is 49.4 Å². The lowest BCUT2D eigenvalue weighted by atomic mass is 9.89. The lowest BCUT2D eigenvalue weighted by Crippen LogP contribution is -2.40. The Kier molecular flexibility index (Phi) is 7.09. The summed E-state index contributed by atoms with van der Waals surface area (Å²) in [7, 11) is 1.82. The number of hydrogen-bond donors (Lipinski definition) is 1. The summed E-state index contributed by atoms with van der Waals surface area (Å²) >= 11 is 0. The molecule has 1 aromatic carbocycles. The number of nitrogens with zero attached hydrogens (tertiary/aromatic N) is 1. The summed E-state index contributed by atoms with van der Waals surface area (Å²) in [5.41, 5.74) is 0.460. The van der Waals surface area contributed by atoms with Gasteiger partial charge in [-0.25, -0.2) is 0 Å². The highest BCUT2D eigenvalue weighted by molar-refractivity contribution is 5.98. The van der Waals surface area contributed by atoms with Crippen molar-refractivity contribution in [3.63, 3.8) is 0 Å². The molecular weight excluding hydrogens is 304 g/mol. The molecule has 0 unspecified atom stereocenters. The fourth-order valence-corrected chi connectivity index (χ4v) is 3.18. The summed E-state index contributed by atoms with van der Waals surface area (Å²) in [5.74, 6) is 0.809. The number of likely N-dealkylation sites (N-methyl/N-ethyl adjacent to an activating group) is 1. The summed E-state index contributed by atoms with van der Waals surface area (Å²) in [4.78, 5) is 26.3. The number of nitrogens with one attached hydrogen (secondary N) is 1. The number of carbonyl (C=O) groups is 2. The van der Waals surface area contributed by atoms with E-state index in [0.717, 1.165) is 6.54 Å². The van der Waals surface area contributed by atoms with E-state index in [1.54, 1.807) is 23.1 Å². The molecule has 1 saturated carbocycles. The van der Waals surface area contributed by atoms with Crippen LogP contribution in [0.15, 0.2) is 24.3 Å². The van der Waals surface area contributed by atoms with Gasteiger partial charge < -0.3 is 15.0 Å². The summed E-state index contributed by atoms with van der Waals surface area (Å²) in [6.45, 7) is 3.17. The number of para-hydroxylation sites is 1. The molecule has 5 heteroatoms. The van der Waals surface area contributed by atoms with Gasteiger partial charge in [-0.2, -0.15) is 0 Å². The topological polar surface area (TPSA) is 58.6 Å². The Hall–Kier alpha value is -2.04. The standard InChI is InChI=1S/C19H28N2O3/c1-3-24-17-12-8-7-11-16(17)19(23)20-13-18(22)21(2)14-15-9-5-4-6-10-15/h7-8,11-12,15H,3-6,9-10,13-14H2,1-2H3,(H,20,23). The zero-order chi connectivity index (χ0) is 17.4. The third-order valence-corrected chi connectivity index (χ3v) is 4.51. The molecule has 1 fully saturated rings. The first-order valence-electron chi connectivity index (χ1n) is 8.85. The van der Waals surface area contributed by atoms with E-state index >= 15 is 0 Å². The first-order valence-corrected chi connectivity index (χ1v) is 8.85. The third kappa shape index (κ3) is 5.25. The molecule has 24 heavy (non-hydrogen) atoms. The molecule has 0 spiro atoms. The van der Waals surface area contributed by atoms with Gasteiger partial charge in [0.1, 0.15) is 5.75 Å². The SMILES string of the molecule is CCOc1ccccc1C(=O)NCC(=O)N(C)CC1CCCCC1. The van der Waals surface area contributed by atoms with E-state index in [1.807, 2.05) is 20.0 Å². The Morgan fingerprint density at radius 2 is 1.92 bits per heavy atom. The van der Waals surface area contributed by atoms with Crippen molar-refractivity contribution in [3.05, 3.63) is 29.8 Å². The fraction of sp³-hybridized carbons (Fsp3) is 0.579. The normalized spacial score (nSPS) is 14.9. The molecule has 0 atom stereocenters. The molecule has 1 aliphatic carbocycles. The second-order valence-electron chi connectivity index (χ2n) is 6.39. The van der Waals surface area contributed by atoms with E-state index < -0.39 is 0 Å². The largest absolute Gasteiger partial charge is 0.493 e. The van der Waals surface area contributed by atoms with E-state index in [1.165, 1.54) is 32.1 Å². The average Bonchev–Trinajstić information content (AvgIpc) is 2.61. The van der Waals surface area contributed by atoms with Crippen molar-refractivity contribution in [2.75, 3.05) is 26.7 Å². The molecule has 2 amide bonds. The van der Waals surface area contributed by atoms with E-state index in [9.17, 15) is 9.59 Å². The molecule has 1 N–H and O–H groups in total. The summed E-state index contributed by atoms with van der Waals surface area (Å²) < 4.78 is 5.46. The first-order chi connectivity index (χ1) is 11.6. The van der Waals surface area contributed by atoms with Crippen LogP contribution in [0.2, 0.25) is 0 Å². The minimum atomic E-state index is -0.279. The van der Waals surface area contributed by atoms with Crippen LogP contribution in [-0.2, 0) is 4.79 Å². The summed E-state index contributed by atoms with van der Waals surface area (Å²) in [5, 5.41) is 2.71. The summed E-state index contributed by atoms with van der Waals surface area (Å²) in [6.07, 6.45) is 6.23. The van der Waals surface area contributed by atoms with Gasteiger partial charge in [0.25, 0.3) is 5.91 Å². The second kappa shape index (κ2) is 9.30. The molecule has 0 saturated heterocycles. The van der Waals surface area contributed by atoms with Gasteiger partial charge in [-0.1, -0.05) is 31.4 Å². The highest BCUT2D eigenvalue weighted by Crippen LogP contribution is 2.24. The van der Waals surface area contributed by atoms with Crippen molar-refractivity contribution in [3.8, 4) is 5.75 Å². The smallest absolute Gasteiger partial charge is 0.255 e. The lowest BCUT2D eigenvalue weighted by molar-refractivity contribution is -0.129. The van der Waals surface area contributed by atoms with Crippen LogP contribution in [0, 0.1) is 5.92 Å². The molecule has 0 bridgehead atoms. The summed E-state index contributed by atoms with van der Waals surface area (Å²) in [6, 6.07) is 7.07. The fourth-order valence-electron chi connectivity index (χ4n) is 3.18. The van der Waals surface area contributed by atoms with E-state index in [0.29, 0.717) is 23.8 Å². The van der Waals surface area contributed by atoms with Crippen molar-refractivity contribution in [2.45, 2.75) is 39.0 Å². The Balaban J connectivity index is 1.83. The van der Waals surface area contributed by atoms with Gasteiger partial charge in [0.2, 0.25) is 5.91 Å². The number of ether oxygens (including phenoxy) is 1. The molecule has 0 aromatic heterocycles. The van der Waals surface area contributed by atoms with E-state index in [2.05, 4.69) is 5.32 Å². The van der Waals surface area contributed by atoms with Crippen LogP contribution >= 0.6 is 0 Å². The number of hydrogen-bond acceptors (Lipinski definition) is 3. The van der Waals surface area contributed by atoms with Gasteiger partial charge >= 0.3 is 0 Å².